The lowest BCUT2D eigenvalue weighted by molar-refractivity contribution is 0.171. The summed E-state index contributed by atoms with van der Waals surface area (Å²) in [4.78, 5) is 0.196. The van der Waals surface area contributed by atoms with Crippen LogP contribution in [0.2, 0.25) is 0 Å². The van der Waals surface area contributed by atoms with Gasteiger partial charge in [0.2, 0.25) is 10.0 Å². The molecule has 0 aromatic heterocycles. The van der Waals surface area contributed by atoms with Crippen molar-refractivity contribution in [2.45, 2.75) is 18.7 Å². The third-order valence-electron chi connectivity index (χ3n) is 3.43. The molecule has 0 fully saturated rings. The molecule has 0 saturated carbocycles. The van der Waals surface area contributed by atoms with Crippen LogP contribution in [0, 0.1) is 5.41 Å². The Bertz CT molecular complexity index is 613. The summed E-state index contributed by atoms with van der Waals surface area (Å²) in [5.74, 6) is 1.04. The second kappa shape index (κ2) is 5.82. The molecule has 0 amide bonds. The Morgan fingerprint density at radius 3 is 2.48 bits per heavy atom. The molecule has 0 spiro atoms. The van der Waals surface area contributed by atoms with E-state index in [1.165, 1.54) is 16.4 Å². The van der Waals surface area contributed by atoms with E-state index in [1.807, 2.05) is 13.8 Å². The number of nitrogens with zero attached hydrogens (tertiary/aromatic N) is 1. The molecular weight excluding hydrogens is 292 g/mol. The number of benzene rings is 1. The van der Waals surface area contributed by atoms with E-state index in [4.69, 9.17) is 15.2 Å². The molecule has 7 heteroatoms. The average molecular weight is 314 g/mol. The number of sulfonamides is 1. The van der Waals surface area contributed by atoms with Gasteiger partial charge in [0.15, 0.2) is 11.5 Å². The molecule has 1 aromatic rings. The molecule has 118 valence electrons. The maximum atomic E-state index is 12.6. The molecule has 0 atom stereocenters. The molecule has 0 aliphatic carbocycles. The van der Waals surface area contributed by atoms with Crippen molar-refractivity contribution in [2.75, 3.05) is 33.4 Å². The predicted molar refractivity (Wildman–Crippen MR) is 80.1 cm³/mol. The van der Waals surface area contributed by atoms with Crippen LogP contribution in [0.3, 0.4) is 0 Å². The summed E-state index contributed by atoms with van der Waals surface area (Å²) in [6.07, 6.45) is 0. The molecule has 0 unspecified atom stereocenters. The first-order valence-corrected chi connectivity index (χ1v) is 8.26. The van der Waals surface area contributed by atoms with Gasteiger partial charge in [0.05, 0.1) is 4.90 Å². The van der Waals surface area contributed by atoms with Gasteiger partial charge in [0, 0.05) is 19.7 Å². The smallest absolute Gasteiger partial charge is 0.242 e. The van der Waals surface area contributed by atoms with Gasteiger partial charge in [-0.1, -0.05) is 13.8 Å². The highest BCUT2D eigenvalue weighted by atomic mass is 32.2. The van der Waals surface area contributed by atoms with Gasteiger partial charge >= 0.3 is 0 Å². The van der Waals surface area contributed by atoms with Gasteiger partial charge < -0.3 is 15.2 Å². The van der Waals surface area contributed by atoms with Gasteiger partial charge in [-0.05, 0) is 24.1 Å². The molecule has 0 saturated heterocycles. The Hall–Kier alpha value is -1.31. The lowest BCUT2D eigenvalue weighted by atomic mass is 9.94. The summed E-state index contributed by atoms with van der Waals surface area (Å²) in [5.41, 5.74) is 5.39. The Morgan fingerprint density at radius 2 is 1.86 bits per heavy atom. The minimum atomic E-state index is -3.57. The van der Waals surface area contributed by atoms with Gasteiger partial charge in [0.25, 0.3) is 0 Å². The van der Waals surface area contributed by atoms with Crippen molar-refractivity contribution in [2.24, 2.45) is 11.1 Å². The monoisotopic (exact) mass is 314 g/mol. The molecular formula is C14H22N2O4S. The average Bonchev–Trinajstić information content (AvgIpc) is 2.46. The quantitative estimate of drug-likeness (QED) is 0.879. The lowest BCUT2D eigenvalue weighted by Crippen LogP contribution is -2.39. The normalized spacial score (nSPS) is 15.3. The molecule has 0 radical (unpaired) electrons. The Labute approximate surface area is 125 Å². The van der Waals surface area contributed by atoms with Crippen LogP contribution in [0.1, 0.15) is 13.8 Å². The standard InChI is InChI=1S/C14H22N2O4S/c1-14(2,9-15)10-16(3)21(17,18)11-4-5-12-13(8-11)20-7-6-19-12/h4-5,8H,6-7,9-10,15H2,1-3H3. The summed E-state index contributed by atoms with van der Waals surface area (Å²) in [6.45, 7) is 5.52. The molecule has 1 aromatic carbocycles. The molecule has 1 heterocycles. The molecule has 6 nitrogen and oxygen atoms in total. The van der Waals surface area contributed by atoms with E-state index in [0.29, 0.717) is 37.8 Å². The van der Waals surface area contributed by atoms with Crippen LogP contribution in [0.25, 0.3) is 0 Å². The van der Waals surface area contributed by atoms with Crippen LogP contribution in [0.5, 0.6) is 11.5 Å². The van der Waals surface area contributed by atoms with E-state index in [-0.39, 0.29) is 10.3 Å². The molecule has 2 rings (SSSR count). The fourth-order valence-electron chi connectivity index (χ4n) is 2.12. The molecule has 1 aliphatic heterocycles. The van der Waals surface area contributed by atoms with Crippen molar-refractivity contribution in [3.63, 3.8) is 0 Å². The fraction of sp³-hybridized carbons (Fsp3) is 0.571. The van der Waals surface area contributed by atoms with Crippen molar-refractivity contribution in [1.82, 2.24) is 4.31 Å². The first-order chi connectivity index (χ1) is 9.76. The zero-order valence-electron chi connectivity index (χ0n) is 12.6. The highest BCUT2D eigenvalue weighted by Gasteiger charge is 2.28. The van der Waals surface area contributed by atoms with E-state index >= 15 is 0 Å². The van der Waals surface area contributed by atoms with Gasteiger partial charge in [-0.15, -0.1) is 0 Å². The van der Waals surface area contributed by atoms with E-state index in [0.717, 1.165) is 0 Å². The predicted octanol–water partition coefficient (Wildman–Crippen LogP) is 1.06. The van der Waals surface area contributed by atoms with Crippen molar-refractivity contribution >= 4 is 10.0 Å². The van der Waals surface area contributed by atoms with Crippen LogP contribution in [0.4, 0.5) is 0 Å². The summed E-state index contributed by atoms with van der Waals surface area (Å²) in [6, 6.07) is 4.67. The highest BCUT2D eigenvalue weighted by molar-refractivity contribution is 7.89. The van der Waals surface area contributed by atoms with Crippen LogP contribution in [0.15, 0.2) is 23.1 Å². The van der Waals surface area contributed by atoms with E-state index in [2.05, 4.69) is 0 Å². The second-order valence-corrected chi connectivity index (χ2v) is 7.98. The van der Waals surface area contributed by atoms with Crippen molar-refractivity contribution in [3.8, 4) is 11.5 Å². The Balaban J connectivity index is 2.27. The van der Waals surface area contributed by atoms with Crippen LogP contribution in [-0.2, 0) is 10.0 Å². The first kappa shape index (κ1) is 16.1. The third kappa shape index (κ3) is 3.48. The van der Waals surface area contributed by atoms with Crippen LogP contribution >= 0.6 is 0 Å². The van der Waals surface area contributed by atoms with E-state index < -0.39 is 10.0 Å². The number of ether oxygens (including phenoxy) is 2. The fourth-order valence-corrected chi connectivity index (χ4v) is 3.49. The molecule has 21 heavy (non-hydrogen) atoms. The number of rotatable bonds is 5. The number of fused-ring (bicyclic) bond motifs is 1. The number of nitrogens with two attached hydrogens (primary N) is 1. The minimum Gasteiger partial charge on any atom is -0.486 e. The van der Waals surface area contributed by atoms with Crippen molar-refractivity contribution in [1.29, 1.82) is 0 Å². The minimum absolute atomic E-state index is 0.196. The zero-order valence-corrected chi connectivity index (χ0v) is 13.4. The van der Waals surface area contributed by atoms with Crippen molar-refractivity contribution < 1.29 is 17.9 Å². The maximum absolute atomic E-state index is 12.6. The van der Waals surface area contributed by atoms with Gasteiger partial charge in [0.1, 0.15) is 13.2 Å². The Kier molecular flexibility index (Phi) is 4.46. The van der Waals surface area contributed by atoms with E-state index in [1.54, 1.807) is 13.1 Å². The van der Waals surface area contributed by atoms with Gasteiger partial charge in [-0.25, -0.2) is 12.7 Å². The Morgan fingerprint density at radius 1 is 1.24 bits per heavy atom. The third-order valence-corrected chi connectivity index (χ3v) is 5.22. The summed E-state index contributed by atoms with van der Waals surface area (Å²) >= 11 is 0. The van der Waals surface area contributed by atoms with Crippen LogP contribution in [-0.4, -0.2) is 46.1 Å². The number of hydrogen-bond acceptors (Lipinski definition) is 5. The van der Waals surface area contributed by atoms with Crippen LogP contribution < -0.4 is 15.2 Å². The second-order valence-electron chi connectivity index (χ2n) is 5.93. The first-order valence-electron chi connectivity index (χ1n) is 6.82. The largest absolute Gasteiger partial charge is 0.486 e. The molecule has 0 bridgehead atoms. The van der Waals surface area contributed by atoms with E-state index in [9.17, 15) is 8.42 Å². The highest BCUT2D eigenvalue weighted by Crippen LogP contribution is 2.33. The molecule has 1 aliphatic rings. The lowest BCUT2D eigenvalue weighted by Gasteiger charge is -2.28. The summed E-state index contributed by atoms with van der Waals surface area (Å²) < 4.78 is 37.4. The zero-order chi connectivity index (χ0) is 15.7. The topological polar surface area (TPSA) is 81.9 Å². The van der Waals surface area contributed by atoms with Gasteiger partial charge in [-0.3, -0.25) is 0 Å². The summed E-state index contributed by atoms with van der Waals surface area (Å²) in [7, 11) is -2.01. The van der Waals surface area contributed by atoms with Crippen molar-refractivity contribution in [3.05, 3.63) is 18.2 Å². The number of hydrogen-bond donors (Lipinski definition) is 1. The summed E-state index contributed by atoms with van der Waals surface area (Å²) in [5, 5.41) is 0. The SMILES string of the molecule is CN(CC(C)(C)CN)S(=O)(=O)c1ccc2c(c1)OCCO2. The maximum Gasteiger partial charge on any atom is 0.242 e. The van der Waals surface area contributed by atoms with Gasteiger partial charge in [-0.2, -0.15) is 0 Å². The molecule has 2 N–H and O–H groups in total.